The van der Waals surface area contributed by atoms with E-state index in [1.165, 1.54) is 17.7 Å². The first-order valence-corrected chi connectivity index (χ1v) is 10.1. The molecular formula is C25H26F3NO2. The van der Waals surface area contributed by atoms with Gasteiger partial charge in [0.2, 0.25) is 0 Å². The van der Waals surface area contributed by atoms with Crippen molar-refractivity contribution < 1.29 is 22.6 Å². The van der Waals surface area contributed by atoms with Crippen LogP contribution in [0, 0.1) is 0 Å². The maximum atomic E-state index is 12.8. The van der Waals surface area contributed by atoms with E-state index >= 15 is 0 Å². The van der Waals surface area contributed by atoms with Crippen LogP contribution < -0.4 is 9.47 Å². The van der Waals surface area contributed by atoms with Crippen molar-refractivity contribution in [2.24, 2.45) is 0 Å². The molecule has 3 rings (SSSR count). The molecule has 3 nitrogen and oxygen atoms in total. The number of rotatable bonds is 9. The maximum Gasteiger partial charge on any atom is 0.416 e. The second-order valence-electron chi connectivity index (χ2n) is 7.41. The molecule has 0 fully saturated rings. The number of ether oxygens (including phenoxy) is 2. The molecule has 0 aliphatic heterocycles. The molecule has 0 radical (unpaired) electrons. The predicted octanol–water partition coefficient (Wildman–Crippen LogP) is 6.36. The van der Waals surface area contributed by atoms with Crippen LogP contribution in [-0.4, -0.2) is 25.6 Å². The van der Waals surface area contributed by atoms with Gasteiger partial charge in [0.25, 0.3) is 0 Å². The van der Waals surface area contributed by atoms with Gasteiger partial charge in [0.05, 0.1) is 12.7 Å². The fourth-order valence-electron chi connectivity index (χ4n) is 3.31. The Morgan fingerprint density at radius 2 is 1.45 bits per heavy atom. The Balaban J connectivity index is 1.71. The number of nitrogens with zero attached hydrogens (tertiary/aromatic N) is 1. The normalized spacial score (nSPS) is 12.6. The van der Waals surface area contributed by atoms with Gasteiger partial charge in [-0.15, -0.1) is 0 Å². The van der Waals surface area contributed by atoms with Crippen molar-refractivity contribution in [3.63, 3.8) is 0 Å². The Bertz CT molecular complexity index is 926. The highest BCUT2D eigenvalue weighted by Gasteiger charge is 2.30. The smallest absolute Gasteiger partial charge is 0.416 e. The van der Waals surface area contributed by atoms with Gasteiger partial charge in [-0.1, -0.05) is 42.5 Å². The van der Waals surface area contributed by atoms with E-state index in [2.05, 4.69) is 17.0 Å². The zero-order valence-electron chi connectivity index (χ0n) is 17.6. The van der Waals surface area contributed by atoms with Crippen molar-refractivity contribution in [2.75, 3.05) is 20.7 Å². The lowest BCUT2D eigenvalue weighted by Gasteiger charge is -2.24. The van der Waals surface area contributed by atoms with Crippen LogP contribution in [0.3, 0.4) is 0 Å². The van der Waals surface area contributed by atoms with Crippen molar-refractivity contribution in [3.8, 4) is 11.5 Å². The summed E-state index contributed by atoms with van der Waals surface area (Å²) in [6.07, 6.45) is -3.99. The van der Waals surface area contributed by atoms with E-state index in [0.717, 1.165) is 36.5 Å². The predicted molar refractivity (Wildman–Crippen MR) is 115 cm³/mol. The van der Waals surface area contributed by atoms with Gasteiger partial charge in [-0.05, 0) is 54.6 Å². The number of halogens is 3. The molecule has 0 saturated heterocycles. The second kappa shape index (κ2) is 10.4. The first kappa shape index (κ1) is 22.7. The molecule has 0 bridgehead atoms. The van der Waals surface area contributed by atoms with Crippen LogP contribution in [0.25, 0.3) is 0 Å². The zero-order valence-corrected chi connectivity index (χ0v) is 17.6. The lowest BCUT2D eigenvalue weighted by Crippen LogP contribution is -2.22. The molecule has 0 aliphatic carbocycles. The van der Waals surface area contributed by atoms with E-state index in [9.17, 15) is 13.2 Å². The number of alkyl halides is 3. The van der Waals surface area contributed by atoms with Gasteiger partial charge in [0, 0.05) is 19.5 Å². The minimum absolute atomic E-state index is 0.305. The van der Waals surface area contributed by atoms with E-state index in [1.54, 1.807) is 7.11 Å². The summed E-state index contributed by atoms with van der Waals surface area (Å²) in [4.78, 5) is 2.20. The van der Waals surface area contributed by atoms with Crippen molar-refractivity contribution in [3.05, 3.63) is 95.6 Å². The maximum absolute atomic E-state index is 12.8. The largest absolute Gasteiger partial charge is 0.497 e. The van der Waals surface area contributed by atoms with Crippen LogP contribution in [0.2, 0.25) is 0 Å². The summed E-state index contributed by atoms with van der Waals surface area (Å²) >= 11 is 0. The third-order valence-electron chi connectivity index (χ3n) is 5.02. The fraction of sp³-hybridized carbons (Fsp3) is 0.280. The van der Waals surface area contributed by atoms with Gasteiger partial charge in [-0.25, -0.2) is 0 Å². The third kappa shape index (κ3) is 6.76. The molecule has 0 aliphatic rings. The highest BCUT2D eigenvalue weighted by molar-refractivity contribution is 5.32. The average Bonchev–Trinajstić information content (AvgIpc) is 2.77. The van der Waals surface area contributed by atoms with Gasteiger partial charge in [-0.2, -0.15) is 13.2 Å². The highest BCUT2D eigenvalue weighted by atomic mass is 19.4. The Morgan fingerprint density at radius 3 is 2.03 bits per heavy atom. The SMILES string of the molecule is COc1ccc(C(CCN(C)Cc2ccccc2)Oc2ccc(C(F)(F)F)cc2)cc1. The molecule has 1 atom stereocenters. The van der Waals surface area contributed by atoms with Gasteiger partial charge in [0.1, 0.15) is 17.6 Å². The van der Waals surface area contributed by atoms with Crippen LogP contribution in [0.15, 0.2) is 78.9 Å². The topological polar surface area (TPSA) is 21.7 Å². The lowest BCUT2D eigenvalue weighted by atomic mass is 10.1. The van der Waals surface area contributed by atoms with E-state index in [0.29, 0.717) is 12.2 Å². The van der Waals surface area contributed by atoms with Crippen LogP contribution in [0.4, 0.5) is 13.2 Å². The Labute approximate surface area is 181 Å². The summed E-state index contributed by atoms with van der Waals surface area (Å²) in [5.74, 6) is 1.14. The molecule has 1 unspecified atom stereocenters. The third-order valence-corrected chi connectivity index (χ3v) is 5.02. The molecule has 0 heterocycles. The van der Waals surface area contributed by atoms with E-state index < -0.39 is 11.7 Å². The molecule has 3 aromatic carbocycles. The van der Waals surface area contributed by atoms with Crippen LogP contribution >= 0.6 is 0 Å². The van der Waals surface area contributed by atoms with E-state index in [4.69, 9.17) is 9.47 Å². The summed E-state index contributed by atoms with van der Waals surface area (Å²) in [6, 6.07) is 22.5. The molecule has 0 aromatic heterocycles. The zero-order chi connectivity index (χ0) is 22.3. The average molecular weight is 429 g/mol. The minimum atomic E-state index is -4.37. The van der Waals surface area contributed by atoms with E-state index in [-0.39, 0.29) is 6.10 Å². The van der Waals surface area contributed by atoms with Gasteiger partial charge >= 0.3 is 6.18 Å². The van der Waals surface area contributed by atoms with Crippen LogP contribution in [0.5, 0.6) is 11.5 Å². The van der Waals surface area contributed by atoms with Gasteiger partial charge in [-0.3, -0.25) is 0 Å². The Morgan fingerprint density at radius 1 is 0.839 bits per heavy atom. The second-order valence-corrected chi connectivity index (χ2v) is 7.41. The standard InChI is InChI=1S/C25H26F3NO2/c1-29(18-19-6-4-3-5-7-19)17-16-24(20-8-12-22(30-2)13-9-20)31-23-14-10-21(11-15-23)25(26,27)28/h3-15,24H,16-18H2,1-2H3. The Kier molecular flexibility index (Phi) is 7.58. The highest BCUT2D eigenvalue weighted by Crippen LogP contribution is 2.32. The van der Waals surface area contributed by atoms with Gasteiger partial charge in [0.15, 0.2) is 0 Å². The van der Waals surface area contributed by atoms with Gasteiger partial charge < -0.3 is 14.4 Å². The van der Waals surface area contributed by atoms with E-state index in [1.807, 2.05) is 49.5 Å². The quantitative estimate of drug-likeness (QED) is 0.395. The van der Waals surface area contributed by atoms with Crippen molar-refractivity contribution >= 4 is 0 Å². The number of hydrogen-bond donors (Lipinski definition) is 0. The first-order chi connectivity index (χ1) is 14.8. The molecule has 0 saturated carbocycles. The van der Waals surface area contributed by atoms with Crippen molar-refractivity contribution in [1.29, 1.82) is 0 Å². The van der Waals surface area contributed by atoms with Crippen LogP contribution in [0.1, 0.15) is 29.2 Å². The molecule has 164 valence electrons. The summed E-state index contributed by atoms with van der Waals surface area (Å²) in [5, 5.41) is 0. The molecule has 3 aromatic rings. The molecule has 6 heteroatoms. The number of hydrogen-bond acceptors (Lipinski definition) is 3. The monoisotopic (exact) mass is 429 g/mol. The molecule has 0 N–H and O–H groups in total. The first-order valence-electron chi connectivity index (χ1n) is 10.1. The summed E-state index contributed by atoms with van der Waals surface area (Å²) < 4.78 is 49.9. The fourth-order valence-corrected chi connectivity index (χ4v) is 3.31. The molecular weight excluding hydrogens is 403 g/mol. The number of methoxy groups -OCH3 is 1. The Hall–Kier alpha value is -2.99. The molecule has 0 amide bonds. The molecule has 31 heavy (non-hydrogen) atoms. The molecule has 0 spiro atoms. The summed E-state index contributed by atoms with van der Waals surface area (Å²) in [7, 11) is 3.64. The number of benzene rings is 3. The lowest BCUT2D eigenvalue weighted by molar-refractivity contribution is -0.137. The van der Waals surface area contributed by atoms with Crippen molar-refractivity contribution in [2.45, 2.75) is 25.2 Å². The van der Waals surface area contributed by atoms with Crippen molar-refractivity contribution in [1.82, 2.24) is 4.90 Å². The van der Waals surface area contributed by atoms with Crippen LogP contribution in [-0.2, 0) is 12.7 Å². The minimum Gasteiger partial charge on any atom is -0.497 e. The summed E-state index contributed by atoms with van der Waals surface area (Å²) in [5.41, 5.74) is 1.46. The summed E-state index contributed by atoms with van der Waals surface area (Å²) in [6.45, 7) is 1.56.